The number of carbonyl (C=O) groups excluding carboxylic acids is 1. The summed E-state index contributed by atoms with van der Waals surface area (Å²) >= 11 is 0. The van der Waals surface area contributed by atoms with Crippen LogP contribution in [0.2, 0.25) is 0 Å². The number of nitrogens with one attached hydrogen (secondary N) is 1. The van der Waals surface area contributed by atoms with Gasteiger partial charge in [0, 0.05) is 17.8 Å². The van der Waals surface area contributed by atoms with E-state index in [4.69, 9.17) is 9.47 Å². The molecule has 0 spiro atoms. The lowest BCUT2D eigenvalue weighted by Gasteiger charge is -2.26. The van der Waals surface area contributed by atoms with Crippen LogP contribution in [0.1, 0.15) is 16.2 Å². The lowest BCUT2D eigenvalue weighted by atomic mass is 10.2. The zero-order chi connectivity index (χ0) is 15.5. The summed E-state index contributed by atoms with van der Waals surface area (Å²) in [6, 6.07) is 7.45. The van der Waals surface area contributed by atoms with Crippen LogP contribution in [-0.2, 0) is 4.74 Å². The minimum absolute atomic E-state index is 0.00240. The van der Waals surface area contributed by atoms with Gasteiger partial charge in [0.15, 0.2) is 0 Å². The molecule has 114 valence electrons. The van der Waals surface area contributed by atoms with Crippen LogP contribution >= 0.6 is 0 Å². The first-order chi connectivity index (χ1) is 10.6. The number of aromatic nitrogens is 2. The van der Waals surface area contributed by atoms with Gasteiger partial charge in [-0.3, -0.25) is 4.79 Å². The Bertz CT molecular complexity index is 704. The molecule has 0 saturated carbocycles. The van der Waals surface area contributed by atoms with Gasteiger partial charge in [-0.05, 0) is 19.1 Å². The van der Waals surface area contributed by atoms with E-state index in [2.05, 4.69) is 15.3 Å². The van der Waals surface area contributed by atoms with E-state index < -0.39 is 11.9 Å². The van der Waals surface area contributed by atoms with Crippen molar-refractivity contribution in [3.05, 3.63) is 47.7 Å². The number of hydrogen-bond donors (Lipinski definition) is 1. The third-order valence-electron chi connectivity index (χ3n) is 3.03. The lowest BCUT2D eigenvalue weighted by Crippen LogP contribution is -2.38. The first-order valence-corrected chi connectivity index (χ1v) is 6.77. The smallest absolute Gasteiger partial charge is 0.275 e. The van der Waals surface area contributed by atoms with Crippen LogP contribution in [0, 0.1) is 12.9 Å². The van der Waals surface area contributed by atoms with Crippen molar-refractivity contribution < 1.29 is 18.7 Å². The lowest BCUT2D eigenvalue weighted by molar-refractivity contribution is -0.0797. The second-order valence-corrected chi connectivity index (χ2v) is 4.91. The predicted molar refractivity (Wildman–Crippen MR) is 76.4 cm³/mol. The van der Waals surface area contributed by atoms with E-state index in [-0.39, 0.29) is 17.6 Å². The number of halogens is 1. The van der Waals surface area contributed by atoms with E-state index in [0.29, 0.717) is 24.7 Å². The van der Waals surface area contributed by atoms with Crippen LogP contribution in [0.4, 0.5) is 10.2 Å². The van der Waals surface area contributed by atoms with Gasteiger partial charge in [-0.1, -0.05) is 6.07 Å². The number of aryl methyl sites for hydroxylation is 1. The summed E-state index contributed by atoms with van der Waals surface area (Å²) in [7, 11) is 0. The molecule has 0 atom stereocenters. The molecule has 1 fully saturated rings. The third-order valence-corrected chi connectivity index (χ3v) is 3.03. The third kappa shape index (κ3) is 3.37. The zero-order valence-electron chi connectivity index (χ0n) is 11.9. The Balaban J connectivity index is 1.76. The van der Waals surface area contributed by atoms with E-state index in [1.54, 1.807) is 19.1 Å². The van der Waals surface area contributed by atoms with E-state index in [9.17, 15) is 9.18 Å². The summed E-state index contributed by atoms with van der Waals surface area (Å²) in [5, 5.41) is 2.50. The Labute approximate surface area is 126 Å². The molecule has 0 aromatic carbocycles. The van der Waals surface area contributed by atoms with Gasteiger partial charge >= 0.3 is 0 Å². The number of nitrogens with zero attached hydrogens (tertiary/aromatic N) is 2. The Hall–Kier alpha value is -2.54. The van der Waals surface area contributed by atoms with Crippen molar-refractivity contribution in [2.24, 2.45) is 0 Å². The van der Waals surface area contributed by atoms with Crippen molar-refractivity contribution in [1.29, 1.82) is 0 Å². The van der Waals surface area contributed by atoms with Crippen molar-refractivity contribution in [2.75, 3.05) is 18.5 Å². The molecule has 6 nitrogen and oxygen atoms in total. The van der Waals surface area contributed by atoms with Gasteiger partial charge in [-0.25, -0.2) is 9.97 Å². The Morgan fingerprint density at radius 1 is 1.36 bits per heavy atom. The fraction of sp³-hybridized carbons (Fsp3) is 0.267. The van der Waals surface area contributed by atoms with Crippen molar-refractivity contribution in [2.45, 2.75) is 13.0 Å². The van der Waals surface area contributed by atoms with E-state index in [1.807, 2.05) is 0 Å². The number of hydrogen-bond acceptors (Lipinski definition) is 5. The van der Waals surface area contributed by atoms with E-state index in [0.717, 1.165) is 0 Å². The minimum atomic E-state index is -0.663. The fourth-order valence-electron chi connectivity index (χ4n) is 1.95. The Kier molecular flexibility index (Phi) is 3.97. The first kappa shape index (κ1) is 14.4. The monoisotopic (exact) mass is 303 g/mol. The maximum Gasteiger partial charge on any atom is 0.275 e. The normalized spacial score (nSPS) is 14.3. The standard InChI is InChI=1S/C15H14FN3O3/c1-9-5-10(22-11-7-21-8-11)6-12(17-9)15(20)19-14-4-2-3-13(16)18-14/h2-6,11H,7-8H2,1H3,(H,18,19,20). The summed E-state index contributed by atoms with van der Waals surface area (Å²) < 4.78 is 23.7. The molecule has 3 rings (SSSR count). The zero-order valence-corrected chi connectivity index (χ0v) is 11.9. The molecule has 1 aliphatic heterocycles. The number of rotatable bonds is 4. The maximum atomic E-state index is 13.0. The molecular formula is C15H14FN3O3. The highest BCUT2D eigenvalue weighted by Crippen LogP contribution is 2.19. The average Bonchev–Trinajstić information content (AvgIpc) is 2.42. The van der Waals surface area contributed by atoms with Crippen molar-refractivity contribution in [3.63, 3.8) is 0 Å². The molecule has 3 heterocycles. The molecule has 1 N–H and O–H groups in total. The van der Waals surface area contributed by atoms with Gasteiger partial charge < -0.3 is 14.8 Å². The van der Waals surface area contributed by atoms with Gasteiger partial charge in [0.25, 0.3) is 5.91 Å². The number of carbonyl (C=O) groups is 1. The van der Waals surface area contributed by atoms with Crippen LogP contribution < -0.4 is 10.1 Å². The van der Waals surface area contributed by atoms with Crippen molar-refractivity contribution in [1.82, 2.24) is 9.97 Å². The van der Waals surface area contributed by atoms with Crippen LogP contribution in [0.25, 0.3) is 0 Å². The number of ether oxygens (including phenoxy) is 2. The van der Waals surface area contributed by atoms with Crippen molar-refractivity contribution >= 4 is 11.7 Å². The second kappa shape index (κ2) is 6.07. The highest BCUT2D eigenvalue weighted by Gasteiger charge is 2.21. The molecule has 0 aliphatic carbocycles. The molecule has 22 heavy (non-hydrogen) atoms. The summed E-state index contributed by atoms with van der Waals surface area (Å²) in [6.45, 7) is 2.84. The molecule has 0 bridgehead atoms. The van der Waals surface area contributed by atoms with Gasteiger partial charge in [0.05, 0.1) is 13.2 Å². The summed E-state index contributed by atoms with van der Waals surface area (Å²) in [5.74, 6) is -0.457. The second-order valence-electron chi connectivity index (χ2n) is 4.91. The fourth-order valence-corrected chi connectivity index (χ4v) is 1.95. The quantitative estimate of drug-likeness (QED) is 0.874. The summed E-state index contributed by atoms with van der Waals surface area (Å²) in [6.07, 6.45) is 0.00240. The topological polar surface area (TPSA) is 73.3 Å². The van der Waals surface area contributed by atoms with Crippen LogP contribution in [0.15, 0.2) is 30.3 Å². The molecule has 0 radical (unpaired) electrons. The van der Waals surface area contributed by atoms with Crippen molar-refractivity contribution in [3.8, 4) is 5.75 Å². The maximum absolute atomic E-state index is 13.0. The Morgan fingerprint density at radius 2 is 2.18 bits per heavy atom. The van der Waals surface area contributed by atoms with Crippen LogP contribution in [0.3, 0.4) is 0 Å². The molecule has 1 amide bonds. The minimum Gasteiger partial charge on any atom is -0.485 e. The van der Waals surface area contributed by atoms with Crippen LogP contribution in [0.5, 0.6) is 5.75 Å². The summed E-state index contributed by atoms with van der Waals surface area (Å²) in [4.78, 5) is 19.9. The van der Waals surface area contributed by atoms with Gasteiger partial charge in [-0.15, -0.1) is 0 Å². The SMILES string of the molecule is Cc1cc(OC2COC2)cc(C(=O)Nc2cccc(F)n2)n1. The first-order valence-electron chi connectivity index (χ1n) is 6.77. The largest absolute Gasteiger partial charge is 0.485 e. The van der Waals surface area contributed by atoms with Gasteiger partial charge in [0.2, 0.25) is 5.95 Å². The van der Waals surface area contributed by atoms with Gasteiger partial charge in [-0.2, -0.15) is 4.39 Å². The number of pyridine rings is 2. The molecule has 7 heteroatoms. The average molecular weight is 303 g/mol. The van der Waals surface area contributed by atoms with E-state index >= 15 is 0 Å². The number of amides is 1. The molecule has 2 aromatic rings. The van der Waals surface area contributed by atoms with Gasteiger partial charge in [0.1, 0.15) is 23.4 Å². The molecule has 1 saturated heterocycles. The molecule has 2 aromatic heterocycles. The highest BCUT2D eigenvalue weighted by atomic mass is 19.1. The van der Waals surface area contributed by atoms with E-state index in [1.165, 1.54) is 18.2 Å². The highest BCUT2D eigenvalue weighted by molar-refractivity contribution is 6.02. The van der Waals surface area contributed by atoms with Crippen LogP contribution in [-0.4, -0.2) is 35.2 Å². The number of anilines is 1. The molecule has 1 aliphatic rings. The summed E-state index contributed by atoms with van der Waals surface area (Å²) in [5.41, 5.74) is 0.830. The molecular weight excluding hydrogens is 289 g/mol. The molecule has 0 unspecified atom stereocenters. The predicted octanol–water partition coefficient (Wildman–Crippen LogP) is 1.95. The Morgan fingerprint density at radius 3 is 2.86 bits per heavy atom.